The van der Waals surface area contributed by atoms with Crippen LogP contribution in [0.2, 0.25) is 0 Å². The van der Waals surface area contributed by atoms with Gasteiger partial charge in [-0.2, -0.15) is 0 Å². The second-order valence-electron chi connectivity index (χ2n) is 6.68. The first-order chi connectivity index (χ1) is 13.0. The van der Waals surface area contributed by atoms with Crippen molar-refractivity contribution in [3.63, 3.8) is 0 Å². The maximum Gasteiger partial charge on any atom is 0.228 e. The fraction of sp³-hybridized carbons (Fsp3) is 0.333. The van der Waals surface area contributed by atoms with Gasteiger partial charge < -0.3 is 10.6 Å². The largest absolute Gasteiger partial charge is 0.325 e. The summed E-state index contributed by atoms with van der Waals surface area (Å²) >= 11 is 0. The lowest BCUT2D eigenvalue weighted by Gasteiger charge is -2.14. The summed E-state index contributed by atoms with van der Waals surface area (Å²) in [7, 11) is 0. The first kappa shape index (κ1) is 19.0. The van der Waals surface area contributed by atoms with E-state index in [-0.39, 0.29) is 5.91 Å². The highest BCUT2D eigenvalue weighted by Gasteiger charge is 2.48. The molecule has 2 amide bonds. The highest BCUT2D eigenvalue weighted by atomic mass is 19.1. The number of nitrogens with one attached hydrogen (secondary N) is 2. The molecule has 2 N–H and O–H groups in total. The number of carbonyl (C=O) groups is 2. The molecular formula is C21H22F2N2O2. The molecule has 3 rings (SSSR count). The lowest BCUT2D eigenvalue weighted by molar-refractivity contribution is -0.122. The number of amides is 2. The maximum absolute atomic E-state index is 13.7. The number of anilines is 2. The summed E-state index contributed by atoms with van der Waals surface area (Å²) in [5, 5.41) is 5.21. The average Bonchev–Trinajstić information content (AvgIpc) is 3.46. The molecule has 2 aromatic rings. The molecule has 0 bridgehead atoms. The third kappa shape index (κ3) is 3.99. The standard InChI is InChI=1S/C21H22F2N2O2/c1-3-12-7-5-8-13(4-2)18(12)24-20(26)14-11-15(14)21(27)25-19-16(22)9-6-10-17(19)23/h5-10,14-15H,3-4,11H2,1-2H3,(H,24,26)(H,25,27). The summed E-state index contributed by atoms with van der Waals surface area (Å²) in [6.45, 7) is 4.03. The van der Waals surface area contributed by atoms with Crippen LogP contribution in [0.5, 0.6) is 0 Å². The van der Waals surface area contributed by atoms with Crippen LogP contribution in [0.4, 0.5) is 20.2 Å². The van der Waals surface area contributed by atoms with Crippen LogP contribution >= 0.6 is 0 Å². The summed E-state index contributed by atoms with van der Waals surface area (Å²) in [4.78, 5) is 24.8. The summed E-state index contributed by atoms with van der Waals surface area (Å²) in [5.41, 5.74) is 2.41. The molecule has 1 saturated carbocycles. The summed E-state index contributed by atoms with van der Waals surface area (Å²) < 4.78 is 27.3. The number of rotatable bonds is 6. The fourth-order valence-corrected chi connectivity index (χ4v) is 3.23. The van der Waals surface area contributed by atoms with Crippen LogP contribution in [0, 0.1) is 23.5 Å². The van der Waals surface area contributed by atoms with E-state index in [0.717, 1.165) is 41.8 Å². The SMILES string of the molecule is CCc1cccc(CC)c1NC(=O)C1CC1C(=O)Nc1c(F)cccc1F. The second-order valence-corrected chi connectivity index (χ2v) is 6.68. The Hall–Kier alpha value is -2.76. The van der Waals surface area contributed by atoms with E-state index in [1.165, 1.54) is 6.07 Å². The average molecular weight is 372 g/mol. The van der Waals surface area contributed by atoms with Gasteiger partial charge in [0, 0.05) is 5.69 Å². The molecule has 142 valence electrons. The Kier molecular flexibility index (Phi) is 5.54. The smallest absolute Gasteiger partial charge is 0.228 e. The molecule has 27 heavy (non-hydrogen) atoms. The minimum Gasteiger partial charge on any atom is -0.325 e. The van der Waals surface area contributed by atoms with Crippen molar-refractivity contribution in [2.75, 3.05) is 10.6 Å². The highest BCUT2D eigenvalue weighted by Crippen LogP contribution is 2.41. The lowest BCUT2D eigenvalue weighted by atomic mass is 10.0. The third-order valence-corrected chi connectivity index (χ3v) is 4.92. The molecule has 0 heterocycles. The Morgan fingerprint density at radius 2 is 1.30 bits per heavy atom. The van der Waals surface area contributed by atoms with E-state index in [1.54, 1.807) is 0 Å². The van der Waals surface area contributed by atoms with E-state index < -0.39 is 35.1 Å². The van der Waals surface area contributed by atoms with E-state index in [9.17, 15) is 18.4 Å². The molecule has 4 nitrogen and oxygen atoms in total. The van der Waals surface area contributed by atoms with Crippen LogP contribution in [0.3, 0.4) is 0 Å². The van der Waals surface area contributed by atoms with Gasteiger partial charge in [0.15, 0.2) is 0 Å². The lowest BCUT2D eigenvalue weighted by Crippen LogP contribution is -2.22. The summed E-state index contributed by atoms with van der Waals surface area (Å²) in [6.07, 6.45) is 1.93. The predicted molar refractivity (Wildman–Crippen MR) is 100 cm³/mol. The van der Waals surface area contributed by atoms with Crippen LogP contribution in [0.25, 0.3) is 0 Å². The van der Waals surface area contributed by atoms with E-state index >= 15 is 0 Å². The number of aryl methyl sites for hydroxylation is 2. The van der Waals surface area contributed by atoms with Gasteiger partial charge in [-0.3, -0.25) is 9.59 Å². The molecule has 2 aromatic carbocycles. The zero-order valence-electron chi connectivity index (χ0n) is 15.3. The van der Waals surface area contributed by atoms with E-state index in [0.29, 0.717) is 6.42 Å². The molecule has 0 aliphatic heterocycles. The molecule has 2 atom stereocenters. The van der Waals surface area contributed by atoms with Crippen molar-refractivity contribution in [2.45, 2.75) is 33.1 Å². The van der Waals surface area contributed by atoms with Crippen molar-refractivity contribution in [3.05, 3.63) is 59.2 Å². The van der Waals surface area contributed by atoms with Crippen molar-refractivity contribution in [3.8, 4) is 0 Å². The first-order valence-electron chi connectivity index (χ1n) is 9.12. The Balaban J connectivity index is 1.67. The molecular weight excluding hydrogens is 350 g/mol. The Labute approximate surface area is 157 Å². The van der Waals surface area contributed by atoms with Crippen LogP contribution < -0.4 is 10.6 Å². The van der Waals surface area contributed by atoms with Crippen LogP contribution in [0.15, 0.2) is 36.4 Å². The van der Waals surface area contributed by atoms with Gasteiger partial charge in [0.2, 0.25) is 11.8 Å². The van der Waals surface area contributed by atoms with Gasteiger partial charge in [-0.05, 0) is 42.5 Å². The van der Waals surface area contributed by atoms with E-state index in [2.05, 4.69) is 10.6 Å². The third-order valence-electron chi connectivity index (χ3n) is 4.92. The van der Waals surface area contributed by atoms with Gasteiger partial charge in [-0.25, -0.2) is 8.78 Å². The topological polar surface area (TPSA) is 58.2 Å². The Bertz CT molecular complexity index is 840. The summed E-state index contributed by atoms with van der Waals surface area (Å²) in [6, 6.07) is 9.26. The molecule has 1 fully saturated rings. The quantitative estimate of drug-likeness (QED) is 0.794. The zero-order valence-corrected chi connectivity index (χ0v) is 15.3. The zero-order chi connectivity index (χ0) is 19.6. The minimum absolute atomic E-state index is 0.236. The fourth-order valence-electron chi connectivity index (χ4n) is 3.23. The normalized spacial score (nSPS) is 18.1. The van der Waals surface area contributed by atoms with E-state index in [4.69, 9.17) is 0 Å². The number of benzene rings is 2. The number of hydrogen-bond acceptors (Lipinski definition) is 2. The highest BCUT2D eigenvalue weighted by molar-refractivity contribution is 6.03. The molecule has 0 spiro atoms. The van der Waals surface area contributed by atoms with Gasteiger partial charge in [0.25, 0.3) is 0 Å². The number of para-hydroxylation sites is 2. The number of halogens is 2. The molecule has 0 aromatic heterocycles. The van der Waals surface area contributed by atoms with E-state index in [1.807, 2.05) is 32.0 Å². The van der Waals surface area contributed by atoms with Gasteiger partial charge in [-0.15, -0.1) is 0 Å². The predicted octanol–water partition coefficient (Wildman–Crippen LogP) is 4.30. The summed E-state index contributed by atoms with van der Waals surface area (Å²) in [5.74, 6) is -3.53. The minimum atomic E-state index is -0.838. The molecule has 6 heteroatoms. The van der Waals surface area contributed by atoms with Gasteiger partial charge in [0.05, 0.1) is 11.8 Å². The Morgan fingerprint density at radius 3 is 1.78 bits per heavy atom. The van der Waals surface area contributed by atoms with Gasteiger partial charge >= 0.3 is 0 Å². The van der Waals surface area contributed by atoms with Crippen LogP contribution in [-0.4, -0.2) is 11.8 Å². The number of hydrogen-bond donors (Lipinski definition) is 2. The van der Waals surface area contributed by atoms with Crippen molar-refractivity contribution >= 4 is 23.2 Å². The molecule has 1 aliphatic rings. The Morgan fingerprint density at radius 1 is 0.852 bits per heavy atom. The van der Waals surface area contributed by atoms with Crippen molar-refractivity contribution < 1.29 is 18.4 Å². The molecule has 0 saturated heterocycles. The second kappa shape index (κ2) is 7.86. The monoisotopic (exact) mass is 372 g/mol. The van der Waals surface area contributed by atoms with Crippen molar-refractivity contribution in [1.29, 1.82) is 0 Å². The van der Waals surface area contributed by atoms with Gasteiger partial charge in [0.1, 0.15) is 17.3 Å². The first-order valence-corrected chi connectivity index (χ1v) is 9.12. The van der Waals surface area contributed by atoms with Crippen molar-refractivity contribution in [1.82, 2.24) is 0 Å². The maximum atomic E-state index is 13.7. The van der Waals surface area contributed by atoms with Crippen molar-refractivity contribution in [2.24, 2.45) is 11.8 Å². The molecule has 1 aliphatic carbocycles. The van der Waals surface area contributed by atoms with Crippen LogP contribution in [0.1, 0.15) is 31.4 Å². The molecule has 0 radical (unpaired) electrons. The van der Waals surface area contributed by atoms with Gasteiger partial charge in [-0.1, -0.05) is 38.1 Å². The molecule has 2 unspecified atom stereocenters. The number of carbonyl (C=O) groups excluding carboxylic acids is 2. The van der Waals surface area contributed by atoms with Crippen LogP contribution in [-0.2, 0) is 22.4 Å².